The third kappa shape index (κ3) is 3.40. The Morgan fingerprint density at radius 1 is 1.00 bits per heavy atom. The van der Waals surface area contributed by atoms with Gasteiger partial charge in [0.15, 0.2) is 11.5 Å². The first-order valence-electron chi connectivity index (χ1n) is 9.45. The molecule has 3 aromatic rings. The van der Waals surface area contributed by atoms with E-state index in [2.05, 4.69) is 42.3 Å². The Labute approximate surface area is 154 Å². The van der Waals surface area contributed by atoms with Crippen LogP contribution in [0.4, 0.5) is 0 Å². The Hall–Kier alpha value is -2.52. The molecule has 1 aliphatic heterocycles. The number of hydrogen-bond donors (Lipinski definition) is 0. The summed E-state index contributed by atoms with van der Waals surface area (Å²) in [5.41, 5.74) is 2.52. The molecule has 1 saturated heterocycles. The SMILES string of the molecule is CCc1ccccc1ON1CCC(c2ccc3cccc([O])c3c2)CC1. The highest BCUT2D eigenvalue weighted by atomic mass is 16.7. The van der Waals surface area contributed by atoms with Crippen molar-refractivity contribution in [2.45, 2.75) is 32.1 Å². The van der Waals surface area contributed by atoms with Crippen LogP contribution in [-0.2, 0) is 11.5 Å². The number of benzene rings is 3. The van der Waals surface area contributed by atoms with Crippen LogP contribution >= 0.6 is 0 Å². The summed E-state index contributed by atoms with van der Waals surface area (Å²) in [6.07, 6.45) is 3.06. The standard InChI is InChI=1S/C23H24NO2/c1-2-17-6-3-4-9-23(17)26-24-14-12-18(13-15-24)20-11-10-19-7-5-8-22(25)21(19)16-20/h3-11,16,18H,2,12-15H2,1H3. The fourth-order valence-corrected chi connectivity index (χ4v) is 3.82. The molecule has 0 aromatic heterocycles. The van der Waals surface area contributed by atoms with Gasteiger partial charge < -0.3 is 4.84 Å². The number of nitrogens with zero attached hydrogens (tertiary/aromatic N) is 1. The predicted octanol–water partition coefficient (Wildman–Crippen LogP) is 5.72. The van der Waals surface area contributed by atoms with Crippen molar-refractivity contribution in [2.24, 2.45) is 0 Å². The largest absolute Gasteiger partial charge is 0.406 e. The van der Waals surface area contributed by atoms with E-state index in [9.17, 15) is 5.11 Å². The number of para-hydroxylation sites is 1. The average molecular weight is 346 g/mol. The third-order valence-electron chi connectivity index (χ3n) is 5.37. The van der Waals surface area contributed by atoms with Gasteiger partial charge in [0, 0.05) is 18.5 Å². The lowest BCUT2D eigenvalue weighted by atomic mass is 9.89. The maximum absolute atomic E-state index is 12.1. The summed E-state index contributed by atoms with van der Waals surface area (Å²) < 4.78 is 0. The molecule has 133 valence electrons. The molecule has 0 amide bonds. The van der Waals surface area contributed by atoms with E-state index in [1.165, 1.54) is 11.1 Å². The van der Waals surface area contributed by atoms with Gasteiger partial charge in [-0.2, -0.15) is 0 Å². The van der Waals surface area contributed by atoms with E-state index in [1.807, 2.05) is 24.3 Å². The van der Waals surface area contributed by atoms with Gasteiger partial charge in [-0.3, -0.25) is 5.11 Å². The molecule has 0 spiro atoms. The Bertz CT molecular complexity index is 898. The fourth-order valence-electron chi connectivity index (χ4n) is 3.82. The minimum absolute atomic E-state index is 0.112. The zero-order valence-electron chi connectivity index (χ0n) is 15.2. The van der Waals surface area contributed by atoms with Gasteiger partial charge in [-0.15, -0.1) is 5.06 Å². The van der Waals surface area contributed by atoms with Crippen LogP contribution in [0.2, 0.25) is 0 Å². The van der Waals surface area contributed by atoms with Crippen molar-refractivity contribution in [3.63, 3.8) is 0 Å². The smallest absolute Gasteiger partial charge is 0.186 e. The van der Waals surface area contributed by atoms with E-state index in [0.29, 0.717) is 5.92 Å². The van der Waals surface area contributed by atoms with Crippen molar-refractivity contribution >= 4 is 10.8 Å². The molecular formula is C23H24NO2. The molecule has 0 bridgehead atoms. The zero-order valence-corrected chi connectivity index (χ0v) is 15.2. The normalized spacial score (nSPS) is 16.0. The summed E-state index contributed by atoms with van der Waals surface area (Å²) >= 11 is 0. The number of hydrogen-bond acceptors (Lipinski definition) is 2. The minimum Gasteiger partial charge on any atom is -0.406 e. The molecule has 3 heteroatoms. The Kier molecular flexibility index (Phi) is 4.81. The second-order valence-corrected chi connectivity index (χ2v) is 6.99. The van der Waals surface area contributed by atoms with Crippen LogP contribution in [0.5, 0.6) is 11.5 Å². The van der Waals surface area contributed by atoms with E-state index < -0.39 is 0 Å². The van der Waals surface area contributed by atoms with Crippen LogP contribution in [0, 0.1) is 0 Å². The molecule has 3 nitrogen and oxygen atoms in total. The summed E-state index contributed by atoms with van der Waals surface area (Å²) in [5, 5.41) is 16.0. The van der Waals surface area contributed by atoms with Gasteiger partial charge in [0.1, 0.15) is 0 Å². The zero-order chi connectivity index (χ0) is 17.9. The van der Waals surface area contributed by atoms with Gasteiger partial charge in [0.2, 0.25) is 0 Å². The highest BCUT2D eigenvalue weighted by Crippen LogP contribution is 2.33. The number of fused-ring (bicyclic) bond motifs is 1. The number of piperidine rings is 1. The van der Waals surface area contributed by atoms with Crippen molar-refractivity contribution < 1.29 is 9.94 Å². The summed E-state index contributed by atoms with van der Waals surface area (Å²) in [6.45, 7) is 3.96. The third-order valence-corrected chi connectivity index (χ3v) is 5.37. The van der Waals surface area contributed by atoms with Crippen molar-refractivity contribution in [3.05, 3.63) is 71.8 Å². The van der Waals surface area contributed by atoms with Gasteiger partial charge in [0.05, 0.1) is 0 Å². The van der Waals surface area contributed by atoms with Crippen molar-refractivity contribution in [3.8, 4) is 11.5 Å². The van der Waals surface area contributed by atoms with Crippen LogP contribution in [0.3, 0.4) is 0 Å². The van der Waals surface area contributed by atoms with Crippen molar-refractivity contribution in [1.29, 1.82) is 0 Å². The molecule has 1 aliphatic rings. The molecule has 3 aromatic carbocycles. The monoisotopic (exact) mass is 346 g/mol. The Morgan fingerprint density at radius 3 is 2.62 bits per heavy atom. The molecule has 1 heterocycles. The van der Waals surface area contributed by atoms with E-state index in [0.717, 1.165) is 48.9 Å². The van der Waals surface area contributed by atoms with Gasteiger partial charge in [-0.05, 0) is 59.9 Å². The molecule has 0 aliphatic carbocycles. The number of hydroxylamine groups is 2. The fraction of sp³-hybridized carbons (Fsp3) is 0.304. The molecule has 0 atom stereocenters. The van der Waals surface area contributed by atoms with E-state index in [1.54, 1.807) is 6.07 Å². The van der Waals surface area contributed by atoms with E-state index in [-0.39, 0.29) is 5.75 Å². The number of aryl methyl sites for hydroxylation is 1. The summed E-state index contributed by atoms with van der Waals surface area (Å²) in [5.74, 6) is 1.57. The van der Waals surface area contributed by atoms with E-state index >= 15 is 0 Å². The average Bonchev–Trinajstić information content (AvgIpc) is 2.69. The van der Waals surface area contributed by atoms with Gasteiger partial charge in [0.25, 0.3) is 0 Å². The maximum Gasteiger partial charge on any atom is 0.186 e. The van der Waals surface area contributed by atoms with Gasteiger partial charge in [-0.25, -0.2) is 0 Å². The summed E-state index contributed by atoms with van der Waals surface area (Å²) in [7, 11) is 0. The van der Waals surface area contributed by atoms with Gasteiger partial charge in [-0.1, -0.05) is 49.4 Å². The second-order valence-electron chi connectivity index (χ2n) is 6.99. The lowest BCUT2D eigenvalue weighted by Gasteiger charge is -2.32. The molecule has 26 heavy (non-hydrogen) atoms. The molecule has 4 rings (SSSR count). The first-order valence-corrected chi connectivity index (χ1v) is 9.45. The molecular weight excluding hydrogens is 322 g/mol. The predicted molar refractivity (Wildman–Crippen MR) is 104 cm³/mol. The lowest BCUT2D eigenvalue weighted by Crippen LogP contribution is -2.35. The Balaban J connectivity index is 1.44. The first kappa shape index (κ1) is 16.9. The maximum atomic E-state index is 12.1. The lowest BCUT2D eigenvalue weighted by molar-refractivity contribution is -0.0762. The topological polar surface area (TPSA) is 32.4 Å². The van der Waals surface area contributed by atoms with E-state index in [4.69, 9.17) is 4.84 Å². The van der Waals surface area contributed by atoms with Crippen molar-refractivity contribution in [2.75, 3.05) is 13.1 Å². The molecule has 0 N–H and O–H groups in total. The van der Waals surface area contributed by atoms with Gasteiger partial charge >= 0.3 is 0 Å². The van der Waals surface area contributed by atoms with Crippen LogP contribution in [0.15, 0.2) is 60.7 Å². The second kappa shape index (κ2) is 7.38. The highest BCUT2D eigenvalue weighted by Gasteiger charge is 2.22. The first-order chi connectivity index (χ1) is 12.7. The molecule has 1 radical (unpaired) electrons. The minimum atomic E-state index is 0.112. The number of rotatable bonds is 4. The van der Waals surface area contributed by atoms with Crippen molar-refractivity contribution in [1.82, 2.24) is 5.06 Å². The molecule has 0 saturated carbocycles. The Morgan fingerprint density at radius 2 is 1.81 bits per heavy atom. The molecule has 1 fully saturated rings. The molecule has 0 unspecified atom stereocenters. The summed E-state index contributed by atoms with van der Waals surface area (Å²) in [6, 6.07) is 20.1. The van der Waals surface area contributed by atoms with Crippen LogP contribution in [-0.4, -0.2) is 18.2 Å². The quantitative estimate of drug-likeness (QED) is 0.605. The highest BCUT2D eigenvalue weighted by molar-refractivity contribution is 5.88. The summed E-state index contributed by atoms with van der Waals surface area (Å²) in [4.78, 5) is 6.13. The van der Waals surface area contributed by atoms with Crippen LogP contribution < -0.4 is 4.84 Å². The van der Waals surface area contributed by atoms with Crippen LogP contribution in [0.1, 0.15) is 36.8 Å². The van der Waals surface area contributed by atoms with Crippen LogP contribution in [0.25, 0.3) is 10.8 Å².